The molecule has 4 heteroatoms. The van der Waals surface area contributed by atoms with Crippen LogP contribution in [0.5, 0.6) is 0 Å². The minimum absolute atomic E-state index is 0.158. The molecule has 1 rings (SSSR count). The first kappa shape index (κ1) is 13.4. The zero-order valence-electron chi connectivity index (χ0n) is 9.94. The Bertz CT molecular complexity index is 331. The molecule has 0 aromatic heterocycles. The second-order valence-electron chi connectivity index (χ2n) is 3.54. The normalized spacial score (nSPS) is 10.5. The second kappa shape index (κ2) is 6.78. The van der Waals surface area contributed by atoms with E-state index >= 15 is 0 Å². The van der Waals surface area contributed by atoms with E-state index in [2.05, 4.69) is 19.1 Å². The number of thioether (sulfide) groups is 1. The summed E-state index contributed by atoms with van der Waals surface area (Å²) in [5.41, 5.74) is 8.11. The molecule has 0 saturated carbocycles. The van der Waals surface area contributed by atoms with Crippen molar-refractivity contribution in [2.75, 3.05) is 30.9 Å². The van der Waals surface area contributed by atoms with Gasteiger partial charge in [0.15, 0.2) is 0 Å². The highest BCUT2D eigenvalue weighted by Crippen LogP contribution is 2.29. The van der Waals surface area contributed by atoms with Gasteiger partial charge in [0.25, 0.3) is 0 Å². The molecule has 0 atom stereocenters. The Labute approximate surface area is 102 Å². The lowest BCUT2D eigenvalue weighted by Gasteiger charge is -2.22. The van der Waals surface area contributed by atoms with E-state index in [9.17, 15) is 0 Å². The first-order valence-corrected chi connectivity index (χ1v) is 6.49. The van der Waals surface area contributed by atoms with Crippen LogP contribution in [0.4, 0.5) is 5.69 Å². The molecule has 0 aliphatic rings. The van der Waals surface area contributed by atoms with E-state index in [4.69, 9.17) is 10.8 Å². The van der Waals surface area contributed by atoms with Crippen LogP contribution in [0.15, 0.2) is 23.1 Å². The molecule has 16 heavy (non-hydrogen) atoms. The van der Waals surface area contributed by atoms with Gasteiger partial charge in [-0.15, -0.1) is 11.8 Å². The van der Waals surface area contributed by atoms with Gasteiger partial charge in [0.1, 0.15) is 0 Å². The van der Waals surface area contributed by atoms with E-state index < -0.39 is 0 Å². The molecule has 3 N–H and O–H groups in total. The Hall–Kier alpha value is -0.710. The van der Waals surface area contributed by atoms with Crippen molar-refractivity contribution < 1.29 is 5.11 Å². The van der Waals surface area contributed by atoms with Gasteiger partial charge in [-0.05, 0) is 17.9 Å². The summed E-state index contributed by atoms with van der Waals surface area (Å²) in [5.74, 6) is 1.04. The molecule has 3 nitrogen and oxygen atoms in total. The van der Waals surface area contributed by atoms with Gasteiger partial charge in [0.05, 0.1) is 6.61 Å². The van der Waals surface area contributed by atoms with Crippen molar-refractivity contribution in [3.8, 4) is 0 Å². The van der Waals surface area contributed by atoms with E-state index in [-0.39, 0.29) is 6.61 Å². The smallest absolute Gasteiger partial charge is 0.0606 e. The first-order valence-electron chi connectivity index (χ1n) is 5.51. The summed E-state index contributed by atoms with van der Waals surface area (Å²) < 4.78 is 0. The van der Waals surface area contributed by atoms with Gasteiger partial charge in [-0.25, -0.2) is 0 Å². The van der Waals surface area contributed by atoms with Crippen LogP contribution in [-0.2, 0) is 6.54 Å². The summed E-state index contributed by atoms with van der Waals surface area (Å²) >= 11 is 1.81. The predicted molar refractivity (Wildman–Crippen MR) is 71.1 cm³/mol. The zero-order valence-corrected chi connectivity index (χ0v) is 10.8. The maximum Gasteiger partial charge on any atom is 0.0606 e. The lowest BCUT2D eigenvalue weighted by atomic mass is 10.1. The first-order chi connectivity index (χ1) is 7.74. The van der Waals surface area contributed by atoms with Crippen molar-refractivity contribution in [2.24, 2.45) is 5.73 Å². The summed E-state index contributed by atoms with van der Waals surface area (Å²) in [4.78, 5) is 3.29. The number of aliphatic hydroxyl groups is 1. The molecule has 0 aliphatic carbocycles. The third-order valence-corrected chi connectivity index (χ3v) is 3.44. The van der Waals surface area contributed by atoms with Crippen LogP contribution in [0.2, 0.25) is 0 Å². The molecule has 0 saturated heterocycles. The number of likely N-dealkylation sites (N-methyl/N-ethyl adjacent to an activating group) is 1. The molecule has 0 fully saturated rings. The fourth-order valence-corrected chi connectivity index (χ4v) is 2.53. The number of anilines is 1. The van der Waals surface area contributed by atoms with E-state index in [1.165, 1.54) is 10.5 Å². The van der Waals surface area contributed by atoms with Crippen molar-refractivity contribution in [3.63, 3.8) is 0 Å². The minimum Gasteiger partial charge on any atom is -0.395 e. The summed E-state index contributed by atoms with van der Waals surface area (Å²) in [6, 6.07) is 6.20. The van der Waals surface area contributed by atoms with Crippen LogP contribution in [0.25, 0.3) is 0 Å². The second-order valence-corrected chi connectivity index (χ2v) is 4.84. The lowest BCUT2D eigenvalue weighted by molar-refractivity contribution is 0.304. The maximum absolute atomic E-state index is 8.96. The Morgan fingerprint density at radius 1 is 1.44 bits per heavy atom. The number of nitrogens with two attached hydrogens (primary N) is 1. The van der Waals surface area contributed by atoms with Gasteiger partial charge >= 0.3 is 0 Å². The summed E-state index contributed by atoms with van der Waals surface area (Å²) in [6.45, 7) is 3.46. The third-order valence-electron chi connectivity index (χ3n) is 2.46. The summed E-state index contributed by atoms with van der Waals surface area (Å²) in [7, 11) is 1.98. The van der Waals surface area contributed by atoms with Gasteiger partial charge in [0, 0.05) is 36.3 Å². The molecule has 0 unspecified atom stereocenters. The maximum atomic E-state index is 8.96. The van der Waals surface area contributed by atoms with E-state index in [1.54, 1.807) is 11.8 Å². The van der Waals surface area contributed by atoms with Crippen LogP contribution in [0.3, 0.4) is 0 Å². The Kier molecular flexibility index (Phi) is 5.66. The Morgan fingerprint density at radius 2 is 2.19 bits per heavy atom. The molecule has 90 valence electrons. The van der Waals surface area contributed by atoms with Crippen LogP contribution in [0.1, 0.15) is 12.5 Å². The van der Waals surface area contributed by atoms with Crippen LogP contribution in [-0.4, -0.2) is 31.1 Å². The zero-order chi connectivity index (χ0) is 12.0. The molecule has 1 aromatic carbocycles. The molecule has 1 aromatic rings. The van der Waals surface area contributed by atoms with Crippen LogP contribution in [0, 0.1) is 0 Å². The van der Waals surface area contributed by atoms with E-state index in [0.29, 0.717) is 13.1 Å². The molecular formula is C12H20N2OS. The molecule has 0 spiro atoms. The van der Waals surface area contributed by atoms with Gasteiger partial charge in [-0.3, -0.25) is 0 Å². The Morgan fingerprint density at radius 3 is 2.75 bits per heavy atom. The molecule has 0 aliphatic heterocycles. The van der Waals surface area contributed by atoms with Gasteiger partial charge in [0.2, 0.25) is 0 Å². The van der Waals surface area contributed by atoms with E-state index in [1.807, 2.05) is 18.0 Å². The van der Waals surface area contributed by atoms with Crippen molar-refractivity contribution in [1.29, 1.82) is 0 Å². The van der Waals surface area contributed by atoms with Crippen molar-refractivity contribution in [2.45, 2.75) is 18.4 Å². The quantitative estimate of drug-likeness (QED) is 0.743. The highest BCUT2D eigenvalue weighted by Gasteiger charge is 2.10. The van der Waals surface area contributed by atoms with Crippen molar-refractivity contribution in [3.05, 3.63) is 23.8 Å². The predicted octanol–water partition coefficient (Wildman–Crippen LogP) is 1.69. The Balaban J connectivity index is 3.02. The number of aliphatic hydroxyl groups excluding tert-OH is 1. The van der Waals surface area contributed by atoms with Gasteiger partial charge in [-0.2, -0.15) is 0 Å². The number of hydrogen-bond acceptors (Lipinski definition) is 4. The van der Waals surface area contributed by atoms with E-state index in [0.717, 1.165) is 11.4 Å². The average Bonchev–Trinajstić information content (AvgIpc) is 2.29. The van der Waals surface area contributed by atoms with Gasteiger partial charge in [-0.1, -0.05) is 13.0 Å². The molecule has 0 radical (unpaired) electrons. The molecule has 0 heterocycles. The molecule has 0 bridgehead atoms. The largest absolute Gasteiger partial charge is 0.395 e. The SMILES string of the molecule is CCSc1cccc(N(C)CCO)c1CN. The number of hydrogen-bond donors (Lipinski definition) is 2. The third kappa shape index (κ3) is 3.14. The number of rotatable bonds is 6. The average molecular weight is 240 g/mol. The standard InChI is InChI=1S/C12H20N2OS/c1-3-16-12-6-4-5-11(10(12)9-13)14(2)7-8-15/h4-6,15H,3,7-9,13H2,1-2H3. The fourth-order valence-electron chi connectivity index (χ4n) is 1.68. The minimum atomic E-state index is 0.158. The van der Waals surface area contributed by atoms with Crippen molar-refractivity contribution in [1.82, 2.24) is 0 Å². The topological polar surface area (TPSA) is 49.5 Å². The molecule has 0 amide bonds. The lowest BCUT2D eigenvalue weighted by Crippen LogP contribution is -2.23. The monoisotopic (exact) mass is 240 g/mol. The highest BCUT2D eigenvalue weighted by molar-refractivity contribution is 7.99. The van der Waals surface area contributed by atoms with Crippen LogP contribution >= 0.6 is 11.8 Å². The van der Waals surface area contributed by atoms with Crippen molar-refractivity contribution >= 4 is 17.4 Å². The number of benzene rings is 1. The summed E-state index contributed by atoms with van der Waals surface area (Å²) in [6.07, 6.45) is 0. The highest BCUT2D eigenvalue weighted by atomic mass is 32.2. The fraction of sp³-hybridized carbons (Fsp3) is 0.500. The molecular weight excluding hydrogens is 220 g/mol. The number of nitrogens with zero attached hydrogens (tertiary/aromatic N) is 1. The summed E-state index contributed by atoms with van der Waals surface area (Å²) in [5, 5.41) is 8.96. The van der Waals surface area contributed by atoms with Crippen LogP contribution < -0.4 is 10.6 Å². The van der Waals surface area contributed by atoms with Gasteiger partial charge < -0.3 is 15.7 Å².